The zero-order chi connectivity index (χ0) is 24.7. The SMILES string of the molecule is C=CC(=O)N1CCC(O)(c2c(-c3ccc(Oc4cccc(C)n4)cc3)c3c(N)ncnc3n2C)C1. The topological polar surface area (TPSA) is 119 Å². The summed E-state index contributed by atoms with van der Waals surface area (Å²) in [6, 6.07) is 13.1. The van der Waals surface area contributed by atoms with Gasteiger partial charge in [-0.1, -0.05) is 24.8 Å². The number of nitrogens with zero attached hydrogens (tertiary/aromatic N) is 5. The normalized spacial score (nSPS) is 17.6. The maximum Gasteiger partial charge on any atom is 0.246 e. The van der Waals surface area contributed by atoms with E-state index in [9.17, 15) is 9.90 Å². The van der Waals surface area contributed by atoms with Gasteiger partial charge in [0.2, 0.25) is 11.8 Å². The van der Waals surface area contributed by atoms with Crippen LogP contribution in [0.25, 0.3) is 22.2 Å². The molecule has 0 radical (unpaired) electrons. The molecule has 35 heavy (non-hydrogen) atoms. The molecule has 3 aromatic heterocycles. The molecule has 1 atom stereocenters. The Bertz CT molecular complexity index is 1450. The van der Waals surface area contributed by atoms with Crippen LogP contribution in [0.15, 0.2) is 61.4 Å². The summed E-state index contributed by atoms with van der Waals surface area (Å²) in [4.78, 5) is 26.8. The van der Waals surface area contributed by atoms with Crippen molar-refractivity contribution in [2.45, 2.75) is 18.9 Å². The van der Waals surface area contributed by atoms with E-state index in [0.717, 1.165) is 16.8 Å². The van der Waals surface area contributed by atoms with Crippen molar-refractivity contribution in [3.05, 3.63) is 72.8 Å². The average molecular weight is 471 g/mol. The van der Waals surface area contributed by atoms with Crippen LogP contribution in [0.1, 0.15) is 17.8 Å². The smallest absolute Gasteiger partial charge is 0.246 e. The number of carbonyl (C=O) groups is 1. The Morgan fingerprint density at radius 1 is 1.23 bits per heavy atom. The number of nitrogens with two attached hydrogens (primary N) is 1. The van der Waals surface area contributed by atoms with E-state index in [4.69, 9.17) is 10.5 Å². The first kappa shape index (κ1) is 22.5. The fourth-order valence-corrected chi connectivity index (χ4v) is 4.79. The van der Waals surface area contributed by atoms with Gasteiger partial charge in [0, 0.05) is 37.3 Å². The van der Waals surface area contributed by atoms with Gasteiger partial charge in [0.1, 0.15) is 29.1 Å². The molecule has 0 spiro atoms. The van der Waals surface area contributed by atoms with Gasteiger partial charge < -0.3 is 25.0 Å². The molecule has 1 unspecified atom stereocenters. The number of aryl methyl sites for hydroxylation is 2. The standard InChI is InChI=1S/C26H26N6O3/c1-4-20(33)32-13-12-26(34,14-32)23-21(22-24(27)28-15-29-25(22)31(23)3)17-8-10-18(11-9-17)35-19-7-5-6-16(2)30-19/h4-11,15,34H,1,12-14H2,2-3H3,(H2,27,28,29). The minimum Gasteiger partial charge on any atom is -0.439 e. The molecule has 1 aliphatic heterocycles. The van der Waals surface area contributed by atoms with Crippen LogP contribution < -0.4 is 10.5 Å². The summed E-state index contributed by atoms with van der Waals surface area (Å²) in [7, 11) is 1.84. The number of anilines is 1. The number of likely N-dealkylation sites (tertiary alicyclic amines) is 1. The van der Waals surface area contributed by atoms with Gasteiger partial charge in [0.15, 0.2) is 0 Å². The van der Waals surface area contributed by atoms with Gasteiger partial charge in [-0.05, 0) is 36.8 Å². The van der Waals surface area contributed by atoms with E-state index < -0.39 is 5.60 Å². The van der Waals surface area contributed by atoms with Gasteiger partial charge >= 0.3 is 0 Å². The van der Waals surface area contributed by atoms with Gasteiger partial charge in [0.05, 0.1) is 17.6 Å². The second-order valence-corrected chi connectivity index (χ2v) is 8.73. The third kappa shape index (κ3) is 3.89. The van der Waals surface area contributed by atoms with Crippen molar-refractivity contribution in [1.29, 1.82) is 0 Å². The van der Waals surface area contributed by atoms with Crippen molar-refractivity contribution in [1.82, 2.24) is 24.4 Å². The number of aromatic nitrogens is 4. The van der Waals surface area contributed by atoms with Crippen molar-refractivity contribution < 1.29 is 14.6 Å². The van der Waals surface area contributed by atoms with Crippen LogP contribution in [0.4, 0.5) is 5.82 Å². The van der Waals surface area contributed by atoms with Crippen molar-refractivity contribution in [2.24, 2.45) is 7.05 Å². The lowest BCUT2D eigenvalue weighted by Crippen LogP contribution is -2.35. The van der Waals surface area contributed by atoms with E-state index in [1.807, 2.05) is 54.9 Å². The number of aliphatic hydroxyl groups is 1. The van der Waals surface area contributed by atoms with Crippen LogP contribution in [0.5, 0.6) is 11.6 Å². The molecule has 1 fully saturated rings. The number of fused-ring (bicyclic) bond motifs is 1. The number of hydrogen-bond acceptors (Lipinski definition) is 7. The molecule has 4 aromatic rings. The zero-order valence-electron chi connectivity index (χ0n) is 19.6. The number of β-amino-alcohol motifs (C(OH)–C–C–N with tert-alkyl or cyclic N) is 1. The first-order valence-corrected chi connectivity index (χ1v) is 11.3. The molecule has 5 rings (SSSR count). The maximum atomic E-state index is 12.2. The molecule has 1 saturated heterocycles. The Balaban J connectivity index is 1.61. The predicted octanol–water partition coefficient (Wildman–Crippen LogP) is 3.32. The Labute approximate surface area is 202 Å². The van der Waals surface area contributed by atoms with E-state index >= 15 is 0 Å². The summed E-state index contributed by atoms with van der Waals surface area (Å²) in [5.41, 5.74) is 8.66. The van der Waals surface area contributed by atoms with E-state index in [2.05, 4.69) is 21.5 Å². The fourth-order valence-electron chi connectivity index (χ4n) is 4.79. The summed E-state index contributed by atoms with van der Waals surface area (Å²) < 4.78 is 7.74. The molecule has 0 saturated carbocycles. The van der Waals surface area contributed by atoms with Crippen LogP contribution in [-0.2, 0) is 17.4 Å². The molecule has 0 aliphatic carbocycles. The quantitative estimate of drug-likeness (QED) is 0.430. The van der Waals surface area contributed by atoms with Crippen molar-refractivity contribution in [3.63, 3.8) is 0 Å². The molecule has 1 amide bonds. The summed E-state index contributed by atoms with van der Waals surface area (Å²) in [6.07, 6.45) is 3.04. The number of ether oxygens (including phenoxy) is 1. The lowest BCUT2D eigenvalue weighted by Gasteiger charge is -2.26. The Kier molecular flexibility index (Phi) is 5.49. The van der Waals surface area contributed by atoms with Crippen molar-refractivity contribution in [3.8, 4) is 22.8 Å². The third-order valence-electron chi connectivity index (χ3n) is 6.40. The van der Waals surface area contributed by atoms with Crippen LogP contribution in [0.2, 0.25) is 0 Å². The van der Waals surface area contributed by atoms with Crippen molar-refractivity contribution >= 4 is 22.8 Å². The number of carbonyl (C=O) groups excluding carboxylic acids is 1. The minimum atomic E-state index is -1.30. The second kappa shape index (κ2) is 8.52. The van der Waals surface area contributed by atoms with Gasteiger partial charge in [-0.2, -0.15) is 0 Å². The zero-order valence-corrected chi connectivity index (χ0v) is 19.6. The number of rotatable bonds is 5. The first-order valence-electron chi connectivity index (χ1n) is 11.3. The third-order valence-corrected chi connectivity index (χ3v) is 6.40. The molecule has 1 aromatic carbocycles. The largest absolute Gasteiger partial charge is 0.439 e. The first-order chi connectivity index (χ1) is 16.8. The Morgan fingerprint density at radius 2 is 2.00 bits per heavy atom. The molecule has 9 heteroatoms. The number of hydrogen-bond donors (Lipinski definition) is 2. The summed E-state index contributed by atoms with van der Waals surface area (Å²) in [6.45, 7) is 6.03. The molecule has 9 nitrogen and oxygen atoms in total. The number of amides is 1. The van der Waals surface area contributed by atoms with Crippen LogP contribution in [0.3, 0.4) is 0 Å². The van der Waals surface area contributed by atoms with Gasteiger partial charge in [-0.15, -0.1) is 0 Å². The number of benzene rings is 1. The fraction of sp³-hybridized carbons (Fsp3) is 0.231. The van der Waals surface area contributed by atoms with Crippen LogP contribution in [-0.4, -0.2) is 48.5 Å². The summed E-state index contributed by atoms with van der Waals surface area (Å²) in [5.74, 6) is 1.23. The Hall–Kier alpha value is -4.24. The highest BCUT2D eigenvalue weighted by Crippen LogP contribution is 2.44. The number of pyridine rings is 1. The summed E-state index contributed by atoms with van der Waals surface area (Å²) >= 11 is 0. The summed E-state index contributed by atoms with van der Waals surface area (Å²) in [5, 5.41) is 12.5. The highest BCUT2D eigenvalue weighted by Gasteiger charge is 2.44. The minimum absolute atomic E-state index is 0.141. The van der Waals surface area contributed by atoms with Gasteiger partial charge in [-0.25, -0.2) is 15.0 Å². The highest BCUT2D eigenvalue weighted by molar-refractivity contribution is 6.03. The van der Waals surface area contributed by atoms with Gasteiger partial charge in [-0.3, -0.25) is 4.79 Å². The molecule has 1 aliphatic rings. The molecule has 3 N–H and O–H groups in total. The van der Waals surface area contributed by atoms with Gasteiger partial charge in [0.25, 0.3) is 0 Å². The van der Waals surface area contributed by atoms with E-state index in [-0.39, 0.29) is 12.5 Å². The van der Waals surface area contributed by atoms with Crippen LogP contribution >= 0.6 is 0 Å². The van der Waals surface area contributed by atoms with E-state index in [0.29, 0.717) is 47.1 Å². The number of nitrogen functional groups attached to an aromatic ring is 1. The predicted molar refractivity (Wildman–Crippen MR) is 133 cm³/mol. The van der Waals surface area contributed by atoms with Crippen molar-refractivity contribution in [2.75, 3.05) is 18.8 Å². The molecular formula is C26H26N6O3. The molecule has 4 heterocycles. The second-order valence-electron chi connectivity index (χ2n) is 8.73. The molecule has 178 valence electrons. The Morgan fingerprint density at radius 3 is 2.71 bits per heavy atom. The van der Waals surface area contributed by atoms with Crippen LogP contribution in [0, 0.1) is 6.92 Å². The average Bonchev–Trinajstić information content (AvgIpc) is 3.39. The monoisotopic (exact) mass is 470 g/mol. The maximum absolute atomic E-state index is 12.2. The van der Waals surface area contributed by atoms with E-state index in [1.54, 1.807) is 11.0 Å². The lowest BCUT2D eigenvalue weighted by atomic mass is 9.91. The highest BCUT2D eigenvalue weighted by atomic mass is 16.5. The van der Waals surface area contributed by atoms with E-state index in [1.165, 1.54) is 12.4 Å². The molecule has 0 bridgehead atoms. The lowest BCUT2D eigenvalue weighted by molar-refractivity contribution is -0.126. The molecular weight excluding hydrogens is 444 g/mol.